The van der Waals surface area contributed by atoms with Crippen LogP contribution in [0.2, 0.25) is 0 Å². The minimum Gasteiger partial charge on any atom is -2.00 e. The zero-order valence-electron chi connectivity index (χ0n) is 82.3. The second-order valence-electron chi connectivity index (χ2n) is 39.0. The van der Waals surface area contributed by atoms with Crippen molar-refractivity contribution in [2.24, 2.45) is 20.0 Å². The third-order valence-electron chi connectivity index (χ3n) is 19.9. The zero-order valence-corrected chi connectivity index (χ0v) is 85.1. The van der Waals surface area contributed by atoms with Gasteiger partial charge in [-0.05, 0) is 207 Å². The fourth-order valence-corrected chi connectivity index (χ4v) is 12.6. The van der Waals surface area contributed by atoms with Crippen molar-refractivity contribution >= 4 is 47.6 Å². The van der Waals surface area contributed by atoms with Crippen LogP contribution in [0, 0.1) is 34.0 Å². The summed E-state index contributed by atoms with van der Waals surface area (Å²) in [7, 11) is 0. The van der Waals surface area contributed by atoms with E-state index < -0.39 is 0 Å². The van der Waals surface area contributed by atoms with Gasteiger partial charge in [0, 0.05) is 45.6 Å². The molecule has 0 atom stereocenters. The molecule has 19 heteroatoms. The molecule has 0 saturated carbocycles. The summed E-state index contributed by atoms with van der Waals surface area (Å²) in [6.07, 6.45) is 6.67. The van der Waals surface area contributed by atoms with Gasteiger partial charge >= 0.3 is 37.1 Å². The van der Waals surface area contributed by atoms with Crippen molar-refractivity contribution in [3.8, 4) is 87.2 Å². The van der Waals surface area contributed by atoms with Crippen molar-refractivity contribution in [3.05, 3.63) is 334 Å². The van der Waals surface area contributed by atoms with E-state index in [9.17, 15) is 20.4 Å². The molecule has 0 saturated heterocycles. The van der Waals surface area contributed by atoms with Gasteiger partial charge in [0.25, 0.3) is 0 Å². The molecule has 12 rings (SSSR count). The summed E-state index contributed by atoms with van der Waals surface area (Å²) in [6, 6.07) is 90.0. The maximum absolute atomic E-state index is 13.2. The van der Waals surface area contributed by atoms with Crippen LogP contribution in [0.1, 0.15) is 254 Å². The van der Waals surface area contributed by atoms with Crippen molar-refractivity contribution in [2.45, 2.75) is 230 Å². The van der Waals surface area contributed by atoms with Crippen LogP contribution in [-0.4, -0.2) is 24.9 Å². The summed E-state index contributed by atoms with van der Waals surface area (Å²) in [4.78, 5) is 18.5. The third-order valence-corrected chi connectivity index (χ3v) is 19.9. The van der Waals surface area contributed by atoms with Crippen LogP contribution in [0.3, 0.4) is 0 Å². The Morgan fingerprint density at radius 1 is 0.233 bits per heavy atom. The summed E-state index contributed by atoms with van der Waals surface area (Å²) in [5.74, 6) is 5.69. The van der Waals surface area contributed by atoms with Crippen molar-refractivity contribution in [2.75, 3.05) is 0 Å². The van der Waals surface area contributed by atoms with E-state index in [-0.39, 0.29) is 114 Å². The van der Waals surface area contributed by atoms with Gasteiger partial charge in [-0.3, -0.25) is 20.0 Å². The van der Waals surface area contributed by atoms with Crippen molar-refractivity contribution in [1.29, 1.82) is 15.8 Å². The predicted molar refractivity (Wildman–Crippen MR) is 529 cm³/mol. The minimum atomic E-state index is -0.241. The molecule has 0 spiro atoms. The second kappa shape index (κ2) is 52.5. The fourth-order valence-electron chi connectivity index (χ4n) is 12.6. The van der Waals surface area contributed by atoms with Crippen molar-refractivity contribution in [1.82, 2.24) is 0 Å². The normalized spacial score (nSPS) is 11.3. The topological polar surface area (TPSA) is 307 Å². The summed E-state index contributed by atoms with van der Waals surface area (Å²) < 4.78 is 24.0. The molecule has 0 bridgehead atoms. The van der Waals surface area contributed by atoms with E-state index in [0.717, 1.165) is 67.5 Å². The number of hydrogen-bond acceptors (Lipinski definition) is 15. The Hall–Kier alpha value is -12.7. The SMILES string of the molecule is CC#N.CC#N.CC#N.CC(C)(C)c1cc(C=Nc2ccccc2Oc2ccccc2)c([O-])c(C(C)(C)C)c1.CC(C)(C)c1cc(C=Nc2ccccc2Oc2ccccc2)c([O-])c(C(C)(C)C)c1.CC(C)(C)c1cc(C=Nc2ccccc2Oc2ccccc2)c([O-])c(C(C)(C)C)c1.CC(C)(C)c1cc(C=Nc2ccccc2Oc2ccccc2)c([O-])c(C(C)(C)C)c1.[O-2].[O-2].[V+4].[V+4]. The number of aliphatic imine (C=N–C) groups is 4. The molecule has 0 heterocycles. The van der Waals surface area contributed by atoms with E-state index >= 15 is 0 Å². The van der Waals surface area contributed by atoms with Gasteiger partial charge in [0.2, 0.25) is 0 Å². The number of hydrogen-bond donors (Lipinski definition) is 0. The Bertz CT molecular complexity index is 5180. The number of para-hydroxylation sites is 12. The van der Waals surface area contributed by atoms with Crippen LogP contribution in [0.15, 0.2) is 287 Å². The third kappa shape index (κ3) is 36.8. The number of rotatable bonds is 16. The molecule has 690 valence electrons. The Labute approximate surface area is 816 Å². The molecular formula is C114H129N7O10V2. The fraction of sp³-hybridized carbons (Fsp3) is 0.307. The molecule has 0 amide bonds. The van der Waals surface area contributed by atoms with Crippen LogP contribution in [0.4, 0.5) is 22.7 Å². The maximum Gasteiger partial charge on any atom is 4.00 e. The van der Waals surface area contributed by atoms with Crippen molar-refractivity contribution in [3.63, 3.8) is 0 Å². The molecule has 12 aromatic carbocycles. The van der Waals surface area contributed by atoms with E-state index in [1.54, 1.807) is 43.1 Å². The molecular weight excluding hydrogens is 1730 g/mol. The van der Waals surface area contributed by atoms with Crippen LogP contribution >= 0.6 is 0 Å². The first kappa shape index (κ1) is 116. The average molecular weight is 1860 g/mol. The molecule has 0 aliphatic heterocycles. The molecule has 133 heavy (non-hydrogen) atoms. The summed E-state index contributed by atoms with van der Waals surface area (Å²) in [5.41, 5.74) is 11.6. The van der Waals surface area contributed by atoms with Crippen LogP contribution in [0.25, 0.3) is 0 Å². The van der Waals surface area contributed by atoms with E-state index in [4.69, 9.17) is 34.7 Å². The Balaban J connectivity index is 0.000000576. The van der Waals surface area contributed by atoms with Gasteiger partial charge in [-0.15, -0.1) is 0 Å². The van der Waals surface area contributed by atoms with Crippen LogP contribution in [0.5, 0.6) is 69.0 Å². The maximum atomic E-state index is 13.2. The zero-order chi connectivity index (χ0) is 95.9. The molecule has 0 fully saturated rings. The summed E-state index contributed by atoms with van der Waals surface area (Å²) >= 11 is 0. The standard InChI is InChI=1S/4C27H31NO2.3C2H3N.2O.2V/c4*1-26(2,3)20-16-19(25(29)22(17-20)27(4,5)6)18-28-23-14-10-11-15-24(23)30-21-12-8-7-9-13-21;3*1-2-3;;;;/h4*7-18,29H,1-6H3;3*1H3;;;;/q;;;;;;;2*-2;2*+4/p-4. The molecule has 0 N–H and O–H groups in total. The van der Waals surface area contributed by atoms with Gasteiger partial charge in [-0.1, -0.05) is 359 Å². The number of benzene rings is 12. The molecule has 0 aliphatic carbocycles. The number of nitrogens with zero attached hydrogens (tertiary/aromatic N) is 7. The first-order valence-corrected chi connectivity index (χ1v) is 43.3. The first-order valence-electron chi connectivity index (χ1n) is 43.3. The summed E-state index contributed by atoms with van der Waals surface area (Å²) in [5, 5.41) is 74.6. The Morgan fingerprint density at radius 3 is 0.519 bits per heavy atom. The quantitative estimate of drug-likeness (QED) is 0.0819. The Morgan fingerprint density at radius 2 is 0.376 bits per heavy atom. The molecule has 0 aromatic heterocycles. The molecule has 12 aromatic rings. The van der Waals surface area contributed by atoms with Gasteiger partial charge in [-0.25, -0.2) is 0 Å². The van der Waals surface area contributed by atoms with E-state index in [0.29, 0.717) is 68.0 Å². The molecule has 2 radical (unpaired) electrons. The number of ether oxygens (including phenoxy) is 4. The van der Waals surface area contributed by atoms with Gasteiger partial charge < -0.3 is 50.3 Å². The monoisotopic (exact) mass is 1860 g/mol. The smallest absolute Gasteiger partial charge is 2.00 e. The summed E-state index contributed by atoms with van der Waals surface area (Å²) in [6.45, 7) is 55.0. The van der Waals surface area contributed by atoms with E-state index in [1.165, 1.54) is 20.8 Å². The van der Waals surface area contributed by atoms with Crippen molar-refractivity contribution < 1.29 is 87.4 Å². The molecule has 0 aliphatic rings. The van der Waals surface area contributed by atoms with Gasteiger partial charge in [-0.2, -0.15) is 15.8 Å². The van der Waals surface area contributed by atoms with E-state index in [1.807, 2.05) is 267 Å². The van der Waals surface area contributed by atoms with Gasteiger partial charge in [0.15, 0.2) is 23.0 Å². The largest absolute Gasteiger partial charge is 4.00 e. The van der Waals surface area contributed by atoms with Crippen LogP contribution < -0.4 is 39.4 Å². The Kier molecular flexibility index (Phi) is 45.9. The van der Waals surface area contributed by atoms with Crippen LogP contribution in [-0.2, 0) is 91.4 Å². The van der Waals surface area contributed by atoms with Gasteiger partial charge in [0.1, 0.15) is 45.7 Å². The molecule has 0 unspecified atom stereocenters. The second-order valence-corrected chi connectivity index (χ2v) is 39.0. The predicted octanol–water partition coefficient (Wildman–Crippen LogP) is 28.9. The van der Waals surface area contributed by atoms with Gasteiger partial charge in [0.05, 0.1) is 18.2 Å². The molecule has 17 nitrogen and oxygen atoms in total. The average Bonchev–Trinajstić information content (AvgIpc) is 0.796. The minimum absolute atomic E-state index is 0. The van der Waals surface area contributed by atoms with E-state index in [2.05, 4.69) is 186 Å². The number of nitriles is 3. The first-order chi connectivity index (χ1) is 60.5.